The van der Waals surface area contributed by atoms with Crippen molar-refractivity contribution in [2.24, 2.45) is 20.5 Å². The van der Waals surface area contributed by atoms with Gasteiger partial charge in [-0.15, -0.1) is 0 Å². The highest BCUT2D eigenvalue weighted by atomic mass is 31.3. The summed E-state index contributed by atoms with van der Waals surface area (Å²) in [5.74, 6) is -11.9. The molecular formula is C49H75F4N25O52P12. The van der Waals surface area contributed by atoms with Crippen molar-refractivity contribution < 1.29 is 241 Å². The quantitative estimate of drug-likeness (QED) is 0.00606. The predicted octanol–water partition coefficient (Wildman–Crippen LogP) is 4.87. The summed E-state index contributed by atoms with van der Waals surface area (Å²) in [4.78, 5) is 221. The van der Waals surface area contributed by atoms with Gasteiger partial charge in [-0.2, -0.15) is 44.5 Å². The molecule has 77 nitrogen and oxygen atoms in total. The minimum Gasteiger partial charge on any atom is -0.383 e. The zero-order valence-electron chi connectivity index (χ0n) is 70.6. The van der Waals surface area contributed by atoms with Gasteiger partial charge in [-0.3, -0.25) is 46.8 Å². The number of phosphoric ester groups is 4. The van der Waals surface area contributed by atoms with Crippen molar-refractivity contribution in [3.05, 3.63) is 138 Å². The van der Waals surface area contributed by atoms with Crippen molar-refractivity contribution in [2.75, 3.05) is 43.6 Å². The monoisotopic (exact) mass is 2290 g/mol. The molecule has 6 aromatic heterocycles. The molecule has 6 aromatic rings. The van der Waals surface area contributed by atoms with Crippen molar-refractivity contribution in [1.82, 2.24) is 48.2 Å². The molecular weight excluding hydrogens is 2220 g/mol. The highest BCUT2D eigenvalue weighted by Crippen LogP contribution is 2.70. The van der Waals surface area contributed by atoms with E-state index >= 15 is 0 Å². The lowest BCUT2D eigenvalue weighted by Gasteiger charge is -2.24. The number of hydrogen-bond donors (Lipinski definition) is 21. The third kappa shape index (κ3) is 39.2. The van der Waals surface area contributed by atoms with Crippen LogP contribution in [-0.4, -0.2) is 226 Å². The molecule has 10 heterocycles. The first kappa shape index (κ1) is 121. The van der Waals surface area contributed by atoms with Crippen molar-refractivity contribution in [3.8, 4) is 0 Å². The fourth-order valence-corrected chi connectivity index (χ4v) is 24.1. The average molecular weight is 2290 g/mol. The minimum absolute atomic E-state index is 0.0524. The maximum atomic E-state index is 14.5. The van der Waals surface area contributed by atoms with E-state index in [9.17, 15) is 131 Å². The zero-order chi connectivity index (χ0) is 108. The minimum atomic E-state index is -5.80. The Morgan fingerprint density at radius 2 is 0.711 bits per heavy atom. The normalized spacial score (nSPS) is 25.6. The first-order valence-electron chi connectivity index (χ1n) is 36.7. The van der Waals surface area contributed by atoms with Gasteiger partial charge in [0.2, 0.25) is 5.95 Å². The van der Waals surface area contributed by atoms with Gasteiger partial charge in [-0.05, 0) is 67.7 Å². The van der Waals surface area contributed by atoms with Crippen LogP contribution < -0.4 is 39.7 Å². The molecule has 93 heteroatoms. The third-order valence-electron chi connectivity index (χ3n) is 16.7. The van der Waals surface area contributed by atoms with E-state index in [2.05, 4.69) is 118 Å². The Kier molecular flexibility index (Phi) is 40.3. The number of aryl methyl sites for hydroxylation is 1. The predicted molar refractivity (Wildman–Crippen MR) is 443 cm³/mol. The number of aromatic nitrogens is 10. The average Bonchev–Trinajstić information content (AvgIpc) is 1.63. The zero-order valence-corrected chi connectivity index (χ0v) is 81.3. The van der Waals surface area contributed by atoms with Gasteiger partial charge < -0.3 is 143 Å². The van der Waals surface area contributed by atoms with E-state index in [-0.39, 0.29) is 59.9 Å². The summed E-state index contributed by atoms with van der Waals surface area (Å²) in [6.07, 6.45) is -10.5. The number of ether oxygens (including phenoxy) is 8. The second kappa shape index (κ2) is 47.2. The smallest absolute Gasteiger partial charge is 0.383 e. The first-order valence-corrected chi connectivity index (χ1v) is 54.8. The molecule has 0 radical (unpaired) electrons. The Balaban J connectivity index is 0.000000257. The highest BCUT2D eigenvalue weighted by Gasteiger charge is 2.52. The lowest BCUT2D eigenvalue weighted by atomic mass is 10.2. The molecule has 4 aliphatic rings. The van der Waals surface area contributed by atoms with E-state index in [0.29, 0.717) is 11.0 Å². The molecule has 142 heavy (non-hydrogen) atoms. The molecule has 24 atom stereocenters. The van der Waals surface area contributed by atoms with Gasteiger partial charge in [0.1, 0.15) is 72.9 Å². The van der Waals surface area contributed by atoms with E-state index in [1.165, 1.54) is 53.1 Å². The molecule has 0 spiro atoms. The Morgan fingerprint density at radius 3 is 1.02 bits per heavy atom. The molecule has 4 saturated heterocycles. The van der Waals surface area contributed by atoms with Gasteiger partial charge in [0, 0.05) is 103 Å². The number of phosphoric acid groups is 12. The molecule has 796 valence electrons. The van der Waals surface area contributed by atoms with E-state index in [4.69, 9.17) is 116 Å². The molecule has 4 fully saturated rings. The highest BCUT2D eigenvalue weighted by molar-refractivity contribution is 7.68. The fraction of sp³-hybridized carbons (Fsp3) is 0.592. The van der Waals surface area contributed by atoms with E-state index in [1.54, 1.807) is 6.07 Å². The number of fused-ring (bicyclic) bond motifs is 2. The van der Waals surface area contributed by atoms with Crippen LogP contribution in [0.25, 0.3) is 63.8 Å². The summed E-state index contributed by atoms with van der Waals surface area (Å²) in [7, 11) is -67.7. The Morgan fingerprint density at radius 1 is 0.415 bits per heavy atom. The number of nitrogens with one attached hydrogen (secondary N) is 2. The third-order valence-corrected chi connectivity index (χ3v) is 31.9. The number of halogens is 4. The second-order valence-corrected chi connectivity index (χ2v) is 45.7. The lowest BCUT2D eigenvalue weighted by Crippen LogP contribution is -2.35. The van der Waals surface area contributed by atoms with Crippen molar-refractivity contribution >= 4 is 134 Å². The summed E-state index contributed by atoms with van der Waals surface area (Å²) in [5.41, 5.74) is 48.1. The molecule has 10 rings (SSSR count). The maximum Gasteiger partial charge on any atom is 0.490 e. The Labute approximate surface area is 780 Å². The van der Waals surface area contributed by atoms with E-state index in [1.807, 2.05) is 4.98 Å². The van der Waals surface area contributed by atoms with Gasteiger partial charge in [0.25, 0.3) is 35.0 Å². The Bertz CT molecular complexity index is 6690. The van der Waals surface area contributed by atoms with E-state index < -0.39 is 240 Å². The van der Waals surface area contributed by atoms with Gasteiger partial charge >= 0.3 is 105 Å². The number of hydrogen-bond acceptors (Lipinski definition) is 47. The number of alkyl halides is 4. The summed E-state index contributed by atoms with van der Waals surface area (Å²) in [6.45, 7) is 0.366. The van der Waals surface area contributed by atoms with Crippen LogP contribution in [-0.2, 0) is 145 Å². The van der Waals surface area contributed by atoms with Gasteiger partial charge in [0.15, 0.2) is 5.65 Å². The number of H-pyrrole nitrogens is 2. The SMILES string of the molecule is C[C@@](F)(N=[N+]=[N-])OC1C[C@H](n2ccc(N)nc2=O)O[C@@H]1COP(=O)(O)OP(=O)(O)OP(=O)(O)O.C[C@@](F)(N=[N+]=[N-])OC1C[C@H](n2ccc3c(=O)[nH]c(N)nc32)O[C@@H]1COP(=O)(O)OP(=O)(O)OP(=O)(O)O.C[C@@](F)(N=[N+]=[N-])OC1C[C@H](n2ccc3c(N)ncnc32)O[C@@H]1COP(=O)(O)OP(=O)(O)OP(=O)(O)O.Cc1cn([C@H]2CC(O[C@](C)(F)N=[N+]=[N-])[C@@H](COP(=O)(O)OP(=O)(O)OP(=O)(O)O)O2)c(=O)[nH]c1=O. The maximum absolute atomic E-state index is 14.5. The van der Waals surface area contributed by atoms with Crippen LogP contribution in [0.15, 0.2) is 88.9 Å². The summed E-state index contributed by atoms with van der Waals surface area (Å²) < 4.78 is 288. The molecule has 4 aliphatic heterocycles. The fourth-order valence-electron chi connectivity index (χ4n) is 11.9. The number of nitrogens with two attached hydrogens (primary N) is 3. The van der Waals surface area contributed by atoms with Crippen molar-refractivity contribution in [3.63, 3.8) is 0 Å². The number of rotatable bonds is 44. The lowest BCUT2D eigenvalue weighted by molar-refractivity contribution is -0.179. The number of nitrogens with zero attached hydrogens (tertiary/aromatic N) is 20. The van der Waals surface area contributed by atoms with Crippen LogP contribution in [0.2, 0.25) is 0 Å². The summed E-state index contributed by atoms with van der Waals surface area (Å²) >= 11 is 0. The van der Waals surface area contributed by atoms with Gasteiger partial charge in [0.05, 0.1) is 61.6 Å². The van der Waals surface area contributed by atoms with Crippen LogP contribution in [0.1, 0.15) is 83.9 Å². The number of azide groups is 4. The largest absolute Gasteiger partial charge is 0.490 e. The topological polar surface area (TPSA) is 1160 Å². The molecule has 0 aromatic carbocycles. The van der Waals surface area contributed by atoms with Crippen molar-refractivity contribution in [1.29, 1.82) is 0 Å². The van der Waals surface area contributed by atoms with Crippen LogP contribution in [0, 0.1) is 6.92 Å². The summed E-state index contributed by atoms with van der Waals surface area (Å²) in [5, 5.41) is 11.8. The molecule has 0 saturated carbocycles. The molecule has 24 N–H and O–H groups in total. The molecule has 0 aliphatic carbocycles. The van der Waals surface area contributed by atoms with Crippen LogP contribution >= 0.6 is 93.9 Å². The van der Waals surface area contributed by atoms with E-state index in [0.717, 1.165) is 43.0 Å². The molecule has 12 unspecified atom stereocenters. The van der Waals surface area contributed by atoms with Crippen LogP contribution in [0.3, 0.4) is 0 Å². The number of anilines is 3. The van der Waals surface area contributed by atoms with Crippen LogP contribution in [0.5, 0.6) is 0 Å². The van der Waals surface area contributed by atoms with Crippen molar-refractivity contribution in [2.45, 2.75) is 158 Å². The number of aromatic amines is 2. The Hall–Kier alpha value is -7.72. The van der Waals surface area contributed by atoms with Gasteiger partial charge in [-0.1, -0.05) is 0 Å². The standard InChI is InChI=1S/C13H19FN7O13P3.C13H19FN7O12P3.C12H19FN5O14P3.C11H18FN6O13P3/c1-13(14,19-20-16)32-7-4-9(21-3-2-6-10(21)17-12(15)18-11(6)22)31-8(7)5-30-36(26,27)34-37(28,29)33-35(23,24)25;1-13(14,19-20-16)31-8-4-10(21-3-2-7-11(15)17-6-18-12(7)21)30-9(8)5-29-35(25,26)33-36(27,28)32-34(22,23)24;1-6-4-18(11(20)15-10(6)19)9-3-7(30-12(2,13)16-17-14)8(29-9)5-28-34(24,25)32-35(26,27)31-33(21,22)23;1-11(12,16-17-14)29-6-4-9(18-3-2-8(13)15-10(18)19)28-7(6)5-27-33(23,24)31-34(25,26)30-32(20,21)22/h2-3,7-9H,4-5H2,1H3,(H,26,27)(H,28,29)(H2,23,24,25)(H3,15,17,18,22);2-3,6,8-10H,4-5H2,1H3,(H,25,26)(H,27,28)(H2,15,17,18)(H2,22,23,24);4,7-9H,3,5H2,1-2H3,(H,24,25)(H,26,27)(H,15,19,20)(H2,21,22,23);2-3,6-7,9H,4-5H2,1H3,(H,23,24)(H,25,26)(H2,13,15,19)(H2,20,21,22)/t7?,8-,9-,13-;8?,9-,10-,13-;7?,8-,9-,12-;6?,7-,9-,11-/m1111/s1. The summed E-state index contributed by atoms with van der Waals surface area (Å²) in [6, 6.07) is 4.18. The molecule has 0 bridgehead atoms. The van der Waals surface area contributed by atoms with Crippen LogP contribution in [0.4, 0.5) is 35.1 Å². The molecule has 0 amide bonds. The van der Waals surface area contributed by atoms with Gasteiger partial charge in [-0.25, -0.2) is 91.9 Å². The second-order valence-electron chi connectivity index (χ2n) is 28.0. The number of nitrogen functional groups attached to an aromatic ring is 3. The first-order chi connectivity index (χ1) is 64.7.